The summed E-state index contributed by atoms with van der Waals surface area (Å²) in [6.45, 7) is 3.80. The molecule has 2 rings (SSSR count). The maximum absolute atomic E-state index is 12.6. The standard InChI is InChI=1S/C7H12FN/c1-4(8)7-5-2-9-3-6(5)7/h4-7,9H,2-3H2,1H3. The Labute approximate surface area is 54.6 Å². The molecule has 0 spiro atoms. The van der Waals surface area contributed by atoms with Crippen molar-refractivity contribution in [3.63, 3.8) is 0 Å². The summed E-state index contributed by atoms with van der Waals surface area (Å²) in [5.74, 6) is 1.78. The molecule has 2 fully saturated rings. The Kier molecular flexibility index (Phi) is 1.06. The molecule has 0 radical (unpaired) electrons. The second kappa shape index (κ2) is 1.69. The normalized spacial score (nSPS) is 50.7. The highest BCUT2D eigenvalue weighted by Crippen LogP contribution is 2.51. The lowest BCUT2D eigenvalue weighted by molar-refractivity contribution is 0.293. The average molecular weight is 129 g/mol. The molecule has 0 bridgehead atoms. The van der Waals surface area contributed by atoms with E-state index in [1.165, 1.54) is 0 Å². The Morgan fingerprint density at radius 1 is 1.44 bits per heavy atom. The summed E-state index contributed by atoms with van der Waals surface area (Å²) in [6.07, 6.45) is -0.568. The number of hydrogen-bond donors (Lipinski definition) is 1. The predicted octanol–water partition coefficient (Wildman–Crippen LogP) is 0.810. The van der Waals surface area contributed by atoms with Crippen LogP contribution in [0, 0.1) is 17.8 Å². The summed E-state index contributed by atoms with van der Waals surface area (Å²) >= 11 is 0. The van der Waals surface area contributed by atoms with E-state index in [-0.39, 0.29) is 0 Å². The van der Waals surface area contributed by atoms with Gasteiger partial charge in [-0.25, -0.2) is 4.39 Å². The number of rotatable bonds is 1. The molecular formula is C7H12FN. The highest BCUT2D eigenvalue weighted by molar-refractivity contribution is 5.05. The summed E-state index contributed by atoms with van der Waals surface area (Å²) in [7, 11) is 0. The van der Waals surface area contributed by atoms with Gasteiger partial charge in [0.25, 0.3) is 0 Å². The van der Waals surface area contributed by atoms with E-state index in [9.17, 15) is 4.39 Å². The maximum atomic E-state index is 12.6. The zero-order valence-electron chi connectivity index (χ0n) is 5.60. The molecule has 1 N–H and O–H groups in total. The molecule has 2 aliphatic rings. The number of halogens is 1. The monoisotopic (exact) mass is 129 g/mol. The first-order chi connectivity index (χ1) is 4.30. The van der Waals surface area contributed by atoms with Crippen molar-refractivity contribution >= 4 is 0 Å². The van der Waals surface area contributed by atoms with Crippen molar-refractivity contribution in [2.45, 2.75) is 13.1 Å². The van der Waals surface area contributed by atoms with Gasteiger partial charge in [0, 0.05) is 0 Å². The minimum absolute atomic E-state index is 0.409. The lowest BCUT2D eigenvalue weighted by Crippen LogP contribution is -2.17. The van der Waals surface area contributed by atoms with Gasteiger partial charge in [-0.15, -0.1) is 0 Å². The predicted molar refractivity (Wildman–Crippen MR) is 33.9 cm³/mol. The van der Waals surface area contributed by atoms with E-state index >= 15 is 0 Å². The van der Waals surface area contributed by atoms with E-state index in [0.717, 1.165) is 13.1 Å². The second-order valence-electron chi connectivity index (χ2n) is 3.24. The molecule has 0 amide bonds. The quantitative estimate of drug-likeness (QED) is 0.552. The third-order valence-corrected chi connectivity index (χ3v) is 2.69. The van der Waals surface area contributed by atoms with Crippen LogP contribution in [-0.2, 0) is 0 Å². The smallest absolute Gasteiger partial charge is 0.101 e. The van der Waals surface area contributed by atoms with Gasteiger partial charge >= 0.3 is 0 Å². The molecule has 1 heterocycles. The second-order valence-corrected chi connectivity index (χ2v) is 3.24. The van der Waals surface area contributed by atoms with E-state index < -0.39 is 6.17 Å². The minimum atomic E-state index is -0.568. The Hall–Kier alpha value is -0.110. The van der Waals surface area contributed by atoms with Crippen molar-refractivity contribution in [2.24, 2.45) is 17.8 Å². The largest absolute Gasteiger partial charge is 0.316 e. The van der Waals surface area contributed by atoms with E-state index in [0.29, 0.717) is 17.8 Å². The first kappa shape index (κ1) is 5.66. The van der Waals surface area contributed by atoms with E-state index in [1.54, 1.807) is 6.92 Å². The first-order valence-electron chi connectivity index (χ1n) is 3.65. The van der Waals surface area contributed by atoms with Crippen molar-refractivity contribution < 1.29 is 4.39 Å². The Morgan fingerprint density at radius 2 is 2.00 bits per heavy atom. The molecule has 52 valence electrons. The molecule has 1 saturated carbocycles. The van der Waals surface area contributed by atoms with Crippen LogP contribution in [0.2, 0.25) is 0 Å². The van der Waals surface area contributed by atoms with Crippen LogP contribution < -0.4 is 5.32 Å². The van der Waals surface area contributed by atoms with Crippen LogP contribution in [0.25, 0.3) is 0 Å². The Morgan fingerprint density at radius 3 is 2.33 bits per heavy atom. The fourth-order valence-corrected chi connectivity index (χ4v) is 2.15. The van der Waals surface area contributed by atoms with Crippen LogP contribution in [0.1, 0.15) is 6.92 Å². The fraction of sp³-hybridized carbons (Fsp3) is 1.00. The summed E-state index contributed by atoms with van der Waals surface area (Å²) < 4.78 is 12.6. The van der Waals surface area contributed by atoms with Crippen molar-refractivity contribution in [2.75, 3.05) is 13.1 Å². The van der Waals surface area contributed by atoms with Gasteiger partial charge < -0.3 is 5.32 Å². The molecule has 0 aromatic carbocycles. The Bertz CT molecular complexity index is 114. The molecule has 9 heavy (non-hydrogen) atoms. The lowest BCUT2D eigenvalue weighted by Gasteiger charge is -2.03. The molecule has 1 aliphatic carbocycles. The van der Waals surface area contributed by atoms with Gasteiger partial charge in [0.1, 0.15) is 6.17 Å². The van der Waals surface area contributed by atoms with Crippen molar-refractivity contribution in [1.82, 2.24) is 5.32 Å². The van der Waals surface area contributed by atoms with Gasteiger partial charge in [-0.3, -0.25) is 0 Å². The van der Waals surface area contributed by atoms with Crippen molar-refractivity contribution in [3.8, 4) is 0 Å². The summed E-state index contributed by atoms with van der Waals surface area (Å²) in [5, 5.41) is 3.24. The highest BCUT2D eigenvalue weighted by atomic mass is 19.1. The van der Waals surface area contributed by atoms with Crippen LogP contribution in [0.3, 0.4) is 0 Å². The third-order valence-electron chi connectivity index (χ3n) is 2.69. The van der Waals surface area contributed by atoms with E-state index in [4.69, 9.17) is 0 Å². The maximum Gasteiger partial charge on any atom is 0.101 e. The molecule has 0 aromatic rings. The topological polar surface area (TPSA) is 12.0 Å². The molecule has 0 aromatic heterocycles. The summed E-state index contributed by atoms with van der Waals surface area (Å²) in [4.78, 5) is 0. The molecule has 1 aliphatic heterocycles. The lowest BCUT2D eigenvalue weighted by atomic mass is 10.2. The van der Waals surface area contributed by atoms with Crippen LogP contribution in [0.5, 0.6) is 0 Å². The summed E-state index contributed by atoms with van der Waals surface area (Å²) in [6, 6.07) is 0. The number of fused-ring (bicyclic) bond motifs is 1. The highest BCUT2D eigenvalue weighted by Gasteiger charge is 2.55. The Balaban J connectivity index is 1.94. The van der Waals surface area contributed by atoms with Crippen LogP contribution in [0.4, 0.5) is 4.39 Å². The number of hydrogen-bond acceptors (Lipinski definition) is 1. The van der Waals surface area contributed by atoms with Gasteiger partial charge in [-0.05, 0) is 37.8 Å². The zero-order chi connectivity index (χ0) is 6.43. The van der Waals surface area contributed by atoms with Crippen molar-refractivity contribution in [3.05, 3.63) is 0 Å². The molecule has 3 atom stereocenters. The van der Waals surface area contributed by atoms with Gasteiger partial charge in [-0.2, -0.15) is 0 Å². The zero-order valence-corrected chi connectivity index (χ0v) is 5.60. The van der Waals surface area contributed by atoms with Gasteiger partial charge in [0.2, 0.25) is 0 Å². The van der Waals surface area contributed by atoms with Crippen LogP contribution in [-0.4, -0.2) is 19.3 Å². The van der Waals surface area contributed by atoms with Crippen LogP contribution >= 0.6 is 0 Å². The fourth-order valence-electron chi connectivity index (χ4n) is 2.15. The average Bonchev–Trinajstić information content (AvgIpc) is 2.30. The molecular weight excluding hydrogens is 117 g/mol. The number of nitrogens with one attached hydrogen (secondary N) is 1. The van der Waals surface area contributed by atoms with Crippen LogP contribution in [0.15, 0.2) is 0 Å². The first-order valence-corrected chi connectivity index (χ1v) is 3.65. The number of piperidine rings is 1. The molecule has 3 unspecified atom stereocenters. The molecule has 1 saturated heterocycles. The van der Waals surface area contributed by atoms with E-state index in [1.807, 2.05) is 0 Å². The number of alkyl halides is 1. The third kappa shape index (κ3) is 0.692. The van der Waals surface area contributed by atoms with Gasteiger partial charge in [-0.1, -0.05) is 0 Å². The van der Waals surface area contributed by atoms with Gasteiger partial charge in [0.15, 0.2) is 0 Å². The molecule has 1 nitrogen and oxygen atoms in total. The van der Waals surface area contributed by atoms with E-state index in [2.05, 4.69) is 5.32 Å². The van der Waals surface area contributed by atoms with Gasteiger partial charge in [0.05, 0.1) is 0 Å². The minimum Gasteiger partial charge on any atom is -0.316 e. The summed E-state index contributed by atoms with van der Waals surface area (Å²) in [5.41, 5.74) is 0. The van der Waals surface area contributed by atoms with Crippen molar-refractivity contribution in [1.29, 1.82) is 0 Å². The molecule has 2 heteroatoms. The SMILES string of the molecule is CC(F)C1C2CNCC21.